The van der Waals surface area contributed by atoms with E-state index in [2.05, 4.69) is 47.8 Å². The molecule has 2 amide bonds. The Bertz CT molecular complexity index is 1260. The van der Waals surface area contributed by atoms with Gasteiger partial charge >= 0.3 is 0 Å². The molecule has 1 aliphatic heterocycles. The zero-order valence-electron chi connectivity index (χ0n) is 20.8. The average molecular weight is 479 g/mol. The van der Waals surface area contributed by atoms with Crippen LogP contribution in [0.5, 0.6) is 0 Å². The number of nitrogens with zero attached hydrogens (tertiary/aromatic N) is 1. The maximum absolute atomic E-state index is 13.6. The second-order valence-electron chi connectivity index (χ2n) is 10.9. The fourth-order valence-corrected chi connectivity index (χ4v) is 6.07. The number of nitrogens with one attached hydrogen (secondary N) is 1. The van der Waals surface area contributed by atoms with E-state index in [1.165, 1.54) is 31.2 Å². The molecule has 0 aromatic heterocycles. The first kappa shape index (κ1) is 23.0. The Morgan fingerprint density at radius 3 is 2.42 bits per heavy atom. The first-order chi connectivity index (χ1) is 17.6. The number of fused-ring (bicyclic) bond motifs is 1. The second kappa shape index (κ2) is 9.93. The summed E-state index contributed by atoms with van der Waals surface area (Å²) >= 11 is 0. The molecule has 3 aliphatic rings. The average Bonchev–Trinajstić information content (AvgIpc) is 3.43. The maximum Gasteiger partial charge on any atom is 0.254 e. The normalized spacial score (nSPS) is 18.3. The summed E-state index contributed by atoms with van der Waals surface area (Å²) in [6.45, 7) is 1.24. The Kier molecular flexibility index (Phi) is 6.35. The van der Waals surface area contributed by atoms with E-state index in [1.54, 1.807) is 0 Å². The molecule has 0 radical (unpaired) electrons. The van der Waals surface area contributed by atoms with Gasteiger partial charge in [-0.25, -0.2) is 0 Å². The van der Waals surface area contributed by atoms with Gasteiger partial charge in [-0.1, -0.05) is 67.4 Å². The van der Waals surface area contributed by atoms with Gasteiger partial charge in [0.2, 0.25) is 5.91 Å². The van der Waals surface area contributed by atoms with Crippen LogP contribution < -0.4 is 5.32 Å². The van der Waals surface area contributed by atoms with Gasteiger partial charge in [0.15, 0.2) is 0 Å². The van der Waals surface area contributed by atoms with E-state index in [-0.39, 0.29) is 17.7 Å². The van der Waals surface area contributed by atoms with Crippen LogP contribution in [0.15, 0.2) is 72.8 Å². The van der Waals surface area contributed by atoms with Gasteiger partial charge in [-0.3, -0.25) is 9.59 Å². The molecule has 0 saturated heterocycles. The van der Waals surface area contributed by atoms with E-state index in [1.807, 2.05) is 35.2 Å². The predicted molar refractivity (Wildman–Crippen MR) is 143 cm³/mol. The van der Waals surface area contributed by atoms with Crippen LogP contribution in [0.25, 0.3) is 0 Å². The van der Waals surface area contributed by atoms with Crippen LogP contribution in [0, 0.1) is 11.8 Å². The summed E-state index contributed by atoms with van der Waals surface area (Å²) in [5.74, 6) is 1.25. The molecule has 184 valence electrons. The largest absolute Gasteiger partial charge is 0.330 e. The number of anilines is 1. The smallest absolute Gasteiger partial charge is 0.254 e. The molecule has 3 aromatic carbocycles. The highest BCUT2D eigenvalue weighted by Crippen LogP contribution is 2.39. The van der Waals surface area contributed by atoms with Gasteiger partial charge in [-0.2, -0.15) is 0 Å². The molecule has 1 atom stereocenters. The first-order valence-electron chi connectivity index (χ1n) is 13.5. The van der Waals surface area contributed by atoms with E-state index < -0.39 is 0 Å². The number of hydrogen-bond donors (Lipinski definition) is 1. The molecule has 6 rings (SSSR count). The molecule has 4 heteroatoms. The van der Waals surface area contributed by atoms with Crippen LogP contribution in [-0.4, -0.2) is 16.7 Å². The summed E-state index contributed by atoms with van der Waals surface area (Å²) in [7, 11) is 0. The monoisotopic (exact) mass is 478 g/mol. The van der Waals surface area contributed by atoms with Crippen molar-refractivity contribution < 1.29 is 9.59 Å². The Morgan fingerprint density at radius 2 is 1.67 bits per heavy atom. The third-order valence-corrected chi connectivity index (χ3v) is 8.18. The van der Waals surface area contributed by atoms with Gasteiger partial charge < -0.3 is 10.2 Å². The lowest BCUT2D eigenvalue weighted by Crippen LogP contribution is -2.27. The van der Waals surface area contributed by atoms with Gasteiger partial charge in [0, 0.05) is 24.3 Å². The standard InChI is InChI=1S/C32H34N2O2/c35-31(33-28-10-5-6-24(19-28)18-22-12-13-22)30(25-7-1-2-8-25)26-16-14-23(15-17-26)20-34-21-27-9-3-4-11-29(27)32(34)36/h3-6,9-11,14-17,19,22,25,30H,1-2,7-8,12-13,18,20-21H2,(H,33,35)/t30-/m0/s1. The van der Waals surface area contributed by atoms with Gasteiger partial charge in [0.05, 0.1) is 5.92 Å². The highest BCUT2D eigenvalue weighted by Gasteiger charge is 2.32. The van der Waals surface area contributed by atoms with Gasteiger partial charge in [-0.05, 0) is 84.4 Å². The van der Waals surface area contributed by atoms with Crippen molar-refractivity contribution in [2.45, 2.75) is 64.0 Å². The first-order valence-corrected chi connectivity index (χ1v) is 13.5. The molecular weight excluding hydrogens is 444 g/mol. The highest BCUT2D eigenvalue weighted by molar-refractivity contribution is 5.98. The van der Waals surface area contributed by atoms with Crippen LogP contribution in [-0.2, 0) is 24.3 Å². The summed E-state index contributed by atoms with van der Waals surface area (Å²) in [4.78, 5) is 28.3. The third-order valence-electron chi connectivity index (χ3n) is 8.18. The third kappa shape index (κ3) is 4.95. The van der Waals surface area contributed by atoms with E-state index in [0.29, 0.717) is 19.0 Å². The van der Waals surface area contributed by atoms with Crippen molar-refractivity contribution in [3.63, 3.8) is 0 Å². The number of amides is 2. The highest BCUT2D eigenvalue weighted by atomic mass is 16.2. The van der Waals surface area contributed by atoms with E-state index in [4.69, 9.17) is 0 Å². The van der Waals surface area contributed by atoms with Crippen molar-refractivity contribution in [3.8, 4) is 0 Å². The SMILES string of the molecule is O=C(Nc1cccc(CC2CC2)c1)[C@H](c1ccc(CN2Cc3ccccc3C2=O)cc1)C1CCCC1. The van der Waals surface area contributed by atoms with Gasteiger partial charge in [0.1, 0.15) is 0 Å². The number of benzene rings is 3. The zero-order chi connectivity index (χ0) is 24.5. The van der Waals surface area contributed by atoms with E-state index in [9.17, 15) is 9.59 Å². The molecule has 4 nitrogen and oxygen atoms in total. The summed E-state index contributed by atoms with van der Waals surface area (Å²) in [5.41, 5.74) is 6.30. The van der Waals surface area contributed by atoms with Crippen LogP contribution in [0.2, 0.25) is 0 Å². The summed E-state index contributed by atoms with van der Waals surface area (Å²) in [5, 5.41) is 3.25. The lowest BCUT2D eigenvalue weighted by Gasteiger charge is -2.24. The molecule has 1 N–H and O–H groups in total. The fourth-order valence-electron chi connectivity index (χ4n) is 6.07. The summed E-state index contributed by atoms with van der Waals surface area (Å²) in [6, 6.07) is 24.6. The minimum Gasteiger partial charge on any atom is -0.330 e. The van der Waals surface area contributed by atoms with Crippen LogP contribution in [0.4, 0.5) is 5.69 Å². The molecule has 0 unspecified atom stereocenters. The number of carbonyl (C=O) groups is 2. The molecule has 2 saturated carbocycles. The minimum absolute atomic E-state index is 0.0989. The van der Waals surface area contributed by atoms with Crippen molar-refractivity contribution in [1.29, 1.82) is 0 Å². The Hall–Kier alpha value is -3.40. The molecular formula is C32H34N2O2. The summed E-state index contributed by atoms with van der Waals surface area (Å²) < 4.78 is 0. The number of rotatable bonds is 8. The second-order valence-corrected chi connectivity index (χ2v) is 10.9. The molecule has 2 aliphatic carbocycles. The van der Waals surface area contributed by atoms with Crippen molar-refractivity contribution >= 4 is 17.5 Å². The molecule has 2 fully saturated rings. The Labute approximate surface area is 213 Å². The summed E-state index contributed by atoms with van der Waals surface area (Å²) in [6.07, 6.45) is 8.36. The van der Waals surface area contributed by atoms with Crippen LogP contribution >= 0.6 is 0 Å². The van der Waals surface area contributed by atoms with Crippen molar-refractivity contribution in [1.82, 2.24) is 4.90 Å². The lowest BCUT2D eigenvalue weighted by molar-refractivity contribution is -0.118. The van der Waals surface area contributed by atoms with Crippen molar-refractivity contribution in [2.75, 3.05) is 5.32 Å². The molecule has 36 heavy (non-hydrogen) atoms. The van der Waals surface area contributed by atoms with E-state index >= 15 is 0 Å². The Morgan fingerprint density at radius 1 is 0.889 bits per heavy atom. The number of hydrogen-bond acceptors (Lipinski definition) is 2. The van der Waals surface area contributed by atoms with Crippen LogP contribution in [0.3, 0.4) is 0 Å². The molecule has 3 aromatic rings. The maximum atomic E-state index is 13.6. The zero-order valence-corrected chi connectivity index (χ0v) is 20.8. The molecule has 0 bridgehead atoms. The fraction of sp³-hybridized carbons (Fsp3) is 0.375. The van der Waals surface area contributed by atoms with Crippen LogP contribution in [0.1, 0.15) is 77.1 Å². The predicted octanol–water partition coefficient (Wildman–Crippen LogP) is 6.71. The minimum atomic E-state index is -0.147. The quantitative estimate of drug-likeness (QED) is 0.391. The van der Waals surface area contributed by atoms with Gasteiger partial charge in [-0.15, -0.1) is 0 Å². The van der Waals surface area contributed by atoms with Crippen molar-refractivity contribution in [3.05, 3.63) is 101 Å². The topological polar surface area (TPSA) is 49.4 Å². The number of carbonyl (C=O) groups excluding carboxylic acids is 2. The molecule has 1 heterocycles. The lowest BCUT2D eigenvalue weighted by atomic mass is 9.83. The van der Waals surface area contributed by atoms with E-state index in [0.717, 1.165) is 53.1 Å². The molecule has 0 spiro atoms. The van der Waals surface area contributed by atoms with Gasteiger partial charge in [0.25, 0.3) is 5.91 Å². The Balaban J connectivity index is 1.17. The van der Waals surface area contributed by atoms with Crippen molar-refractivity contribution in [2.24, 2.45) is 11.8 Å².